The van der Waals surface area contributed by atoms with Crippen molar-refractivity contribution in [2.75, 3.05) is 0 Å². The van der Waals surface area contributed by atoms with Gasteiger partial charge in [-0.2, -0.15) is 18.3 Å². The maximum Gasteiger partial charge on any atom is 0.416 e. The van der Waals surface area contributed by atoms with Crippen LogP contribution in [-0.2, 0) is 11.0 Å². The van der Waals surface area contributed by atoms with Gasteiger partial charge in [-0.15, -0.1) is 0 Å². The molecule has 0 saturated heterocycles. The molecule has 5 nitrogen and oxygen atoms in total. The second kappa shape index (κ2) is 5.60. The van der Waals surface area contributed by atoms with Crippen LogP contribution in [0.1, 0.15) is 35.2 Å². The molecular weight excluding hydrogens is 311 g/mol. The summed E-state index contributed by atoms with van der Waals surface area (Å²) in [4.78, 5) is 27.8. The van der Waals surface area contributed by atoms with Gasteiger partial charge < -0.3 is 0 Å². The van der Waals surface area contributed by atoms with Crippen LogP contribution in [0.15, 0.2) is 30.9 Å². The average molecular weight is 323 g/mol. The van der Waals surface area contributed by atoms with Gasteiger partial charge in [-0.1, -0.05) is 0 Å². The number of alkyl halides is 3. The molecule has 1 heterocycles. The van der Waals surface area contributed by atoms with Gasteiger partial charge in [0.2, 0.25) is 0 Å². The fourth-order valence-corrected chi connectivity index (χ4v) is 2.27. The molecule has 0 bridgehead atoms. The first kappa shape index (κ1) is 15.4. The van der Waals surface area contributed by atoms with Crippen LogP contribution in [0, 0.1) is 5.92 Å². The first-order chi connectivity index (χ1) is 10.9. The van der Waals surface area contributed by atoms with Crippen molar-refractivity contribution in [1.82, 2.24) is 14.8 Å². The first-order valence-corrected chi connectivity index (χ1v) is 6.98. The Kier molecular flexibility index (Phi) is 3.75. The zero-order chi connectivity index (χ0) is 16.6. The Balaban J connectivity index is 1.98. The Morgan fingerprint density at radius 2 is 2.00 bits per heavy atom. The van der Waals surface area contributed by atoms with Gasteiger partial charge >= 0.3 is 6.18 Å². The number of hydrogen-bond donors (Lipinski definition) is 0. The number of Topliss-reactive ketones (excluding diaryl/α,β-unsaturated/α-hetero) is 2. The molecule has 2 aromatic rings. The number of carbonyl (C=O) groups excluding carboxylic acids is 2. The van der Waals surface area contributed by atoms with Gasteiger partial charge in [0.25, 0.3) is 0 Å². The summed E-state index contributed by atoms with van der Waals surface area (Å²) in [6, 6.07) is 2.75. The summed E-state index contributed by atoms with van der Waals surface area (Å²) in [6.07, 6.45) is -0.943. The minimum Gasteiger partial charge on any atom is -0.299 e. The Hall–Kier alpha value is -2.51. The number of ketones is 2. The lowest BCUT2D eigenvalue weighted by Gasteiger charge is -2.12. The highest BCUT2D eigenvalue weighted by molar-refractivity contribution is 6.10. The minimum atomic E-state index is -4.54. The summed E-state index contributed by atoms with van der Waals surface area (Å²) in [7, 11) is 0. The van der Waals surface area contributed by atoms with Crippen molar-refractivity contribution in [3.63, 3.8) is 0 Å². The van der Waals surface area contributed by atoms with E-state index in [1.165, 1.54) is 6.33 Å². The SMILES string of the molecule is O=C(CC(=O)C1CC1)c1ccc(C(F)(F)F)cc1-n1cncn1. The van der Waals surface area contributed by atoms with Crippen LogP contribution in [0.5, 0.6) is 0 Å². The van der Waals surface area contributed by atoms with Gasteiger partial charge in [-0.05, 0) is 31.0 Å². The standard InChI is InChI=1S/C15H12F3N3O2/c16-15(17,18)10-3-4-11(12(5-10)21-8-19-7-20-21)14(23)6-13(22)9-1-2-9/h3-5,7-9H,1-2,6H2. The molecule has 23 heavy (non-hydrogen) atoms. The summed E-state index contributed by atoms with van der Waals surface area (Å²) in [6.45, 7) is 0. The highest BCUT2D eigenvalue weighted by Gasteiger charge is 2.34. The van der Waals surface area contributed by atoms with E-state index in [0.717, 1.165) is 42.0 Å². The molecule has 0 unspecified atom stereocenters. The quantitative estimate of drug-likeness (QED) is 0.627. The molecule has 0 spiro atoms. The molecule has 1 aromatic carbocycles. The normalized spacial score (nSPS) is 14.7. The molecule has 1 fully saturated rings. The Morgan fingerprint density at radius 3 is 2.57 bits per heavy atom. The van der Waals surface area contributed by atoms with Crippen LogP contribution in [0.25, 0.3) is 5.69 Å². The summed E-state index contributed by atoms with van der Waals surface area (Å²) >= 11 is 0. The van der Waals surface area contributed by atoms with Gasteiger partial charge in [0.1, 0.15) is 18.4 Å². The summed E-state index contributed by atoms with van der Waals surface area (Å²) < 4.78 is 39.7. The summed E-state index contributed by atoms with van der Waals surface area (Å²) in [5, 5.41) is 3.78. The van der Waals surface area contributed by atoms with Crippen LogP contribution in [-0.4, -0.2) is 26.3 Å². The van der Waals surface area contributed by atoms with Gasteiger partial charge in [0, 0.05) is 11.5 Å². The Morgan fingerprint density at radius 1 is 1.26 bits per heavy atom. The van der Waals surface area contributed by atoms with E-state index in [9.17, 15) is 22.8 Å². The second-order valence-electron chi connectivity index (χ2n) is 5.41. The smallest absolute Gasteiger partial charge is 0.299 e. The number of rotatable bonds is 5. The zero-order valence-corrected chi connectivity index (χ0v) is 11.9. The highest BCUT2D eigenvalue weighted by Crippen LogP contribution is 2.33. The maximum atomic E-state index is 12.9. The molecule has 1 aromatic heterocycles. The third kappa shape index (κ3) is 3.30. The lowest BCUT2D eigenvalue weighted by atomic mass is 10.00. The van der Waals surface area contributed by atoms with Crippen LogP contribution < -0.4 is 0 Å². The van der Waals surface area contributed by atoms with E-state index in [1.54, 1.807) is 0 Å². The van der Waals surface area contributed by atoms with E-state index in [4.69, 9.17) is 0 Å². The van der Waals surface area contributed by atoms with Crippen LogP contribution in [0.4, 0.5) is 13.2 Å². The lowest BCUT2D eigenvalue weighted by molar-refractivity contribution is -0.137. The molecular formula is C15H12F3N3O2. The zero-order valence-electron chi connectivity index (χ0n) is 11.9. The number of carbonyl (C=O) groups is 2. The highest BCUT2D eigenvalue weighted by atomic mass is 19.4. The van der Waals surface area contributed by atoms with Gasteiger partial charge in [0.05, 0.1) is 17.7 Å². The fourth-order valence-electron chi connectivity index (χ4n) is 2.27. The van der Waals surface area contributed by atoms with Crippen LogP contribution >= 0.6 is 0 Å². The van der Waals surface area contributed by atoms with Gasteiger partial charge in [0.15, 0.2) is 5.78 Å². The molecule has 120 valence electrons. The molecule has 0 N–H and O–H groups in total. The predicted octanol–water partition coefficient (Wildman–Crippen LogP) is 2.84. The molecule has 3 rings (SSSR count). The molecule has 0 aliphatic heterocycles. The number of benzene rings is 1. The van der Waals surface area contributed by atoms with Gasteiger partial charge in [-0.25, -0.2) is 9.67 Å². The molecule has 0 atom stereocenters. The maximum absolute atomic E-state index is 12.9. The van der Waals surface area contributed by atoms with Crippen molar-refractivity contribution in [2.45, 2.75) is 25.4 Å². The number of nitrogens with zero attached hydrogens (tertiary/aromatic N) is 3. The van der Waals surface area contributed by atoms with E-state index < -0.39 is 17.5 Å². The first-order valence-electron chi connectivity index (χ1n) is 6.98. The monoisotopic (exact) mass is 323 g/mol. The number of halogens is 3. The summed E-state index contributed by atoms with van der Waals surface area (Å²) in [5.41, 5.74) is -0.906. The van der Waals surface area contributed by atoms with Crippen molar-refractivity contribution in [1.29, 1.82) is 0 Å². The van der Waals surface area contributed by atoms with Gasteiger partial charge in [-0.3, -0.25) is 9.59 Å². The van der Waals surface area contributed by atoms with Crippen molar-refractivity contribution < 1.29 is 22.8 Å². The van der Waals surface area contributed by atoms with Crippen LogP contribution in [0.3, 0.4) is 0 Å². The molecule has 1 aliphatic rings. The fraction of sp³-hybridized carbons (Fsp3) is 0.333. The van der Waals surface area contributed by atoms with E-state index in [-0.39, 0.29) is 29.4 Å². The van der Waals surface area contributed by atoms with Crippen molar-refractivity contribution in [3.8, 4) is 5.69 Å². The number of aromatic nitrogens is 3. The third-order valence-electron chi connectivity index (χ3n) is 3.66. The topological polar surface area (TPSA) is 64.8 Å². The van der Waals surface area contributed by atoms with E-state index in [0.29, 0.717) is 0 Å². The lowest BCUT2D eigenvalue weighted by Crippen LogP contribution is -2.14. The molecule has 1 aliphatic carbocycles. The second-order valence-corrected chi connectivity index (χ2v) is 5.41. The average Bonchev–Trinajstić information content (AvgIpc) is 3.21. The van der Waals surface area contributed by atoms with Crippen molar-refractivity contribution in [3.05, 3.63) is 42.0 Å². The van der Waals surface area contributed by atoms with Crippen molar-refractivity contribution in [2.24, 2.45) is 5.92 Å². The molecule has 0 radical (unpaired) electrons. The summed E-state index contributed by atoms with van der Waals surface area (Å²) in [5.74, 6) is -0.760. The third-order valence-corrected chi connectivity index (χ3v) is 3.66. The minimum absolute atomic E-state index is 0.0255. The number of hydrogen-bond acceptors (Lipinski definition) is 4. The molecule has 0 amide bonds. The predicted molar refractivity (Wildman–Crippen MR) is 73.0 cm³/mol. The molecule has 8 heteroatoms. The van der Waals surface area contributed by atoms with Crippen molar-refractivity contribution >= 4 is 11.6 Å². The van der Waals surface area contributed by atoms with E-state index >= 15 is 0 Å². The van der Waals surface area contributed by atoms with E-state index in [2.05, 4.69) is 10.1 Å². The molecule has 1 saturated carbocycles. The Labute approximate surface area is 129 Å². The largest absolute Gasteiger partial charge is 0.416 e. The van der Waals surface area contributed by atoms with E-state index in [1.807, 2.05) is 0 Å². The Bertz CT molecular complexity index is 750. The van der Waals surface area contributed by atoms with Crippen LogP contribution in [0.2, 0.25) is 0 Å².